The van der Waals surface area contributed by atoms with Crippen LogP contribution in [0.15, 0.2) is 53.4 Å². The van der Waals surface area contributed by atoms with Gasteiger partial charge in [0.1, 0.15) is 12.1 Å². The molecule has 0 amide bonds. The normalized spacial score (nSPS) is 11.0. The number of halogens is 3. The van der Waals surface area contributed by atoms with Crippen LogP contribution in [-0.4, -0.2) is 30.7 Å². The number of nitrogens with two attached hydrogens (primary N) is 1. The Labute approximate surface area is 152 Å². The van der Waals surface area contributed by atoms with E-state index in [1.165, 1.54) is 12.1 Å². The van der Waals surface area contributed by atoms with Crippen LogP contribution in [0.5, 0.6) is 0 Å². The van der Waals surface area contributed by atoms with Gasteiger partial charge in [0.15, 0.2) is 0 Å². The zero-order valence-corrected chi connectivity index (χ0v) is 14.4. The number of hydrogen-bond donors (Lipinski definition) is 1. The van der Waals surface area contributed by atoms with Crippen molar-refractivity contribution in [1.29, 1.82) is 0 Å². The number of hydrogen-bond acceptors (Lipinski definition) is 4. The van der Waals surface area contributed by atoms with E-state index in [1.54, 1.807) is 23.1 Å². The van der Waals surface area contributed by atoms with Crippen molar-refractivity contribution in [2.45, 2.75) is 20.0 Å². The van der Waals surface area contributed by atoms with Gasteiger partial charge in [0, 0.05) is 36.0 Å². The van der Waals surface area contributed by atoms with Crippen LogP contribution in [0.1, 0.15) is 6.92 Å². The Morgan fingerprint density at radius 3 is 2.63 bits per heavy atom. The predicted molar refractivity (Wildman–Crippen MR) is 93.0 cm³/mol. The van der Waals surface area contributed by atoms with E-state index in [0.717, 1.165) is 15.6 Å². The molecule has 3 rings (SSSR count). The molecule has 2 aromatic heterocycles. The van der Waals surface area contributed by atoms with Crippen LogP contribution in [0, 0.1) is 5.82 Å². The first-order valence-corrected chi connectivity index (χ1v) is 8.14. The Hall–Kier alpha value is -3.14. The molecule has 0 saturated heterocycles. The minimum Gasteiger partial charge on any atom is -0.327 e. The number of benzene rings is 1. The minimum absolute atomic E-state index is 0.231. The Balaban J connectivity index is 1.93. The van der Waals surface area contributed by atoms with Crippen molar-refractivity contribution in [1.82, 2.24) is 24.1 Å². The summed E-state index contributed by atoms with van der Waals surface area (Å²) in [5.41, 5.74) is 5.37. The van der Waals surface area contributed by atoms with Crippen molar-refractivity contribution in [3.63, 3.8) is 0 Å². The van der Waals surface area contributed by atoms with Gasteiger partial charge in [-0.1, -0.05) is 0 Å². The fourth-order valence-corrected chi connectivity index (χ4v) is 2.57. The van der Waals surface area contributed by atoms with Crippen LogP contribution in [0.25, 0.3) is 16.8 Å². The second-order valence-corrected chi connectivity index (χ2v) is 5.76. The molecule has 142 valence electrons. The Morgan fingerprint density at radius 2 is 2.04 bits per heavy atom. The molecule has 0 aliphatic heterocycles. The SMILES string of the molecule is CCn1cc(-c2ccc(-n3cnn(CC(CN)=C(F)F)c3=O)cc2F)cn1. The molecule has 0 atom stereocenters. The summed E-state index contributed by atoms with van der Waals surface area (Å²) in [6.07, 6.45) is 2.48. The third-order valence-corrected chi connectivity index (χ3v) is 4.09. The lowest BCUT2D eigenvalue weighted by molar-refractivity contribution is 0.400. The Bertz CT molecular complexity index is 1050. The molecular formula is C17H17F3N6O. The van der Waals surface area contributed by atoms with E-state index in [0.29, 0.717) is 17.7 Å². The van der Waals surface area contributed by atoms with Gasteiger partial charge >= 0.3 is 5.69 Å². The first-order chi connectivity index (χ1) is 12.9. The second-order valence-electron chi connectivity index (χ2n) is 5.76. The molecule has 0 radical (unpaired) electrons. The van der Waals surface area contributed by atoms with Crippen LogP contribution < -0.4 is 11.4 Å². The fourth-order valence-electron chi connectivity index (χ4n) is 2.57. The number of aryl methyl sites for hydroxylation is 1. The van der Waals surface area contributed by atoms with Gasteiger partial charge in [-0.05, 0) is 25.1 Å². The van der Waals surface area contributed by atoms with Crippen LogP contribution >= 0.6 is 0 Å². The third-order valence-electron chi connectivity index (χ3n) is 4.09. The average molecular weight is 378 g/mol. The summed E-state index contributed by atoms with van der Waals surface area (Å²) in [6, 6.07) is 4.25. The van der Waals surface area contributed by atoms with Gasteiger partial charge in [0.05, 0.1) is 18.4 Å². The molecule has 27 heavy (non-hydrogen) atoms. The monoisotopic (exact) mass is 378 g/mol. The van der Waals surface area contributed by atoms with Crippen molar-refractivity contribution >= 4 is 0 Å². The van der Waals surface area contributed by atoms with E-state index in [2.05, 4.69) is 10.2 Å². The summed E-state index contributed by atoms with van der Waals surface area (Å²) in [5, 5.41) is 7.90. The summed E-state index contributed by atoms with van der Waals surface area (Å²) in [7, 11) is 0. The zero-order valence-electron chi connectivity index (χ0n) is 14.4. The maximum absolute atomic E-state index is 14.5. The summed E-state index contributed by atoms with van der Waals surface area (Å²) < 4.78 is 43.6. The highest BCUT2D eigenvalue weighted by atomic mass is 19.3. The van der Waals surface area contributed by atoms with Gasteiger partial charge in [-0.15, -0.1) is 0 Å². The largest absolute Gasteiger partial charge is 0.350 e. The standard InChI is InChI=1S/C17H17F3N6O/c1-2-24-8-12(7-22-24)14-4-3-13(5-15(14)18)25-10-23-26(17(25)27)9-11(6-21)16(19)20/h3-5,7-8,10H,2,6,9,21H2,1H3. The summed E-state index contributed by atoms with van der Waals surface area (Å²) in [5.74, 6) is -0.542. The molecule has 7 nitrogen and oxygen atoms in total. The smallest absolute Gasteiger partial charge is 0.327 e. The zero-order chi connectivity index (χ0) is 19.6. The first kappa shape index (κ1) is 18.6. The lowest BCUT2D eigenvalue weighted by Gasteiger charge is -2.05. The second kappa shape index (κ2) is 7.62. The molecule has 0 spiro atoms. The van der Waals surface area contributed by atoms with Gasteiger partial charge in [-0.3, -0.25) is 4.68 Å². The first-order valence-electron chi connectivity index (χ1n) is 8.14. The molecule has 2 heterocycles. The van der Waals surface area contributed by atoms with Crippen LogP contribution in [0.4, 0.5) is 13.2 Å². The topological polar surface area (TPSA) is 83.7 Å². The summed E-state index contributed by atoms with van der Waals surface area (Å²) in [6.45, 7) is 1.76. The molecule has 3 aromatic rings. The van der Waals surface area contributed by atoms with Gasteiger partial charge < -0.3 is 5.73 Å². The highest BCUT2D eigenvalue weighted by Crippen LogP contribution is 2.24. The fraction of sp³-hybridized carbons (Fsp3) is 0.235. The van der Waals surface area contributed by atoms with E-state index in [9.17, 15) is 18.0 Å². The molecule has 10 heteroatoms. The van der Waals surface area contributed by atoms with E-state index >= 15 is 0 Å². The van der Waals surface area contributed by atoms with Crippen LogP contribution in [0.2, 0.25) is 0 Å². The molecule has 1 aromatic carbocycles. The lowest BCUT2D eigenvalue weighted by atomic mass is 10.1. The maximum Gasteiger partial charge on any atom is 0.350 e. The molecule has 0 aliphatic carbocycles. The molecule has 0 saturated carbocycles. The van der Waals surface area contributed by atoms with Crippen molar-refractivity contribution < 1.29 is 13.2 Å². The summed E-state index contributed by atoms with van der Waals surface area (Å²) >= 11 is 0. The Morgan fingerprint density at radius 1 is 1.26 bits per heavy atom. The predicted octanol–water partition coefficient (Wildman–Crippen LogP) is 2.17. The van der Waals surface area contributed by atoms with Crippen molar-refractivity contribution in [3.8, 4) is 16.8 Å². The highest BCUT2D eigenvalue weighted by Gasteiger charge is 2.14. The van der Waals surface area contributed by atoms with E-state index < -0.39 is 36.3 Å². The lowest BCUT2D eigenvalue weighted by Crippen LogP contribution is -2.26. The highest BCUT2D eigenvalue weighted by molar-refractivity contribution is 5.64. The number of aromatic nitrogens is 5. The van der Waals surface area contributed by atoms with Gasteiger partial charge in [-0.25, -0.2) is 18.4 Å². The molecular weight excluding hydrogens is 361 g/mol. The Kier molecular flexibility index (Phi) is 5.26. The third kappa shape index (κ3) is 3.70. The number of nitrogens with zero attached hydrogens (tertiary/aromatic N) is 5. The van der Waals surface area contributed by atoms with Crippen molar-refractivity contribution in [2.75, 3.05) is 6.54 Å². The minimum atomic E-state index is -1.94. The van der Waals surface area contributed by atoms with Crippen molar-refractivity contribution in [3.05, 3.63) is 64.9 Å². The maximum atomic E-state index is 14.5. The van der Waals surface area contributed by atoms with Crippen LogP contribution in [-0.2, 0) is 13.1 Å². The quantitative estimate of drug-likeness (QED) is 0.713. The van der Waals surface area contributed by atoms with Gasteiger partial charge in [0.25, 0.3) is 6.08 Å². The molecule has 0 aliphatic rings. The molecule has 0 fully saturated rings. The van der Waals surface area contributed by atoms with Crippen LogP contribution in [0.3, 0.4) is 0 Å². The average Bonchev–Trinajstić information content (AvgIpc) is 3.26. The molecule has 2 N–H and O–H groups in total. The summed E-state index contributed by atoms with van der Waals surface area (Å²) in [4.78, 5) is 12.4. The van der Waals surface area contributed by atoms with E-state index in [4.69, 9.17) is 5.73 Å². The number of rotatable bonds is 6. The van der Waals surface area contributed by atoms with E-state index in [-0.39, 0.29) is 5.69 Å². The van der Waals surface area contributed by atoms with Gasteiger partial charge in [0.2, 0.25) is 0 Å². The van der Waals surface area contributed by atoms with Crippen molar-refractivity contribution in [2.24, 2.45) is 5.73 Å². The molecule has 0 bridgehead atoms. The van der Waals surface area contributed by atoms with Gasteiger partial charge in [-0.2, -0.15) is 19.0 Å². The van der Waals surface area contributed by atoms with E-state index in [1.807, 2.05) is 6.92 Å². The molecule has 0 unspecified atom stereocenters.